The van der Waals surface area contributed by atoms with E-state index in [-0.39, 0.29) is 36.0 Å². The van der Waals surface area contributed by atoms with Gasteiger partial charge in [-0.15, -0.1) is 24.0 Å². The summed E-state index contributed by atoms with van der Waals surface area (Å²) >= 11 is 0. The molecule has 1 fully saturated rings. The number of ether oxygens (including phenoxy) is 1. The van der Waals surface area contributed by atoms with Gasteiger partial charge in [0.25, 0.3) is 0 Å². The van der Waals surface area contributed by atoms with E-state index in [1.807, 2.05) is 24.3 Å². The number of aliphatic imine (C=N–C) groups is 1. The standard InChI is InChI=1S/C13H19N3O2.HI/c1-18-11-4-2-3-10(7-11)16-12(14)15-8-13(9-17)5-6-13;/h2-4,7,17H,5-6,8-9H2,1H3,(H3,14,15,16);1H. The van der Waals surface area contributed by atoms with Crippen molar-refractivity contribution in [3.63, 3.8) is 0 Å². The Morgan fingerprint density at radius 1 is 1.53 bits per heavy atom. The lowest BCUT2D eigenvalue weighted by Crippen LogP contribution is -2.24. The Morgan fingerprint density at radius 3 is 2.84 bits per heavy atom. The van der Waals surface area contributed by atoms with E-state index in [0.717, 1.165) is 24.3 Å². The number of rotatable bonds is 5. The Kier molecular flexibility index (Phi) is 5.86. The first-order chi connectivity index (χ1) is 8.67. The zero-order chi connectivity index (χ0) is 13.0. The molecule has 5 nitrogen and oxygen atoms in total. The molecule has 19 heavy (non-hydrogen) atoms. The molecule has 6 heteroatoms. The number of methoxy groups -OCH3 is 1. The fraction of sp³-hybridized carbons (Fsp3) is 0.462. The summed E-state index contributed by atoms with van der Waals surface area (Å²) in [4.78, 5) is 4.26. The highest BCUT2D eigenvalue weighted by atomic mass is 127. The molecular formula is C13H20IN3O2. The Balaban J connectivity index is 0.00000180. The van der Waals surface area contributed by atoms with Crippen LogP contribution < -0.4 is 15.8 Å². The monoisotopic (exact) mass is 377 g/mol. The molecule has 0 bridgehead atoms. The Labute approximate surface area is 130 Å². The molecule has 0 aliphatic heterocycles. The summed E-state index contributed by atoms with van der Waals surface area (Å²) in [7, 11) is 1.62. The van der Waals surface area contributed by atoms with Gasteiger partial charge >= 0.3 is 0 Å². The number of hydrogen-bond donors (Lipinski definition) is 3. The SMILES string of the molecule is COc1cccc(NC(N)=NCC2(CO)CC2)c1.I. The van der Waals surface area contributed by atoms with Gasteiger partial charge in [-0.2, -0.15) is 0 Å². The summed E-state index contributed by atoms with van der Waals surface area (Å²) in [6, 6.07) is 7.49. The van der Waals surface area contributed by atoms with E-state index < -0.39 is 0 Å². The molecule has 0 radical (unpaired) electrons. The number of aliphatic hydroxyl groups excluding tert-OH is 1. The predicted molar refractivity (Wildman–Crippen MR) is 87.3 cm³/mol. The number of aliphatic hydroxyl groups is 1. The van der Waals surface area contributed by atoms with Gasteiger partial charge in [-0.1, -0.05) is 6.07 Å². The highest BCUT2D eigenvalue weighted by Gasteiger charge is 2.41. The van der Waals surface area contributed by atoms with Gasteiger partial charge in [-0.25, -0.2) is 0 Å². The van der Waals surface area contributed by atoms with Crippen LogP contribution in [0.15, 0.2) is 29.3 Å². The summed E-state index contributed by atoms with van der Waals surface area (Å²) in [5.41, 5.74) is 6.63. The molecule has 1 aromatic rings. The van der Waals surface area contributed by atoms with Crippen molar-refractivity contribution in [3.05, 3.63) is 24.3 Å². The molecule has 0 saturated heterocycles. The first-order valence-corrected chi connectivity index (χ1v) is 5.99. The maximum atomic E-state index is 9.18. The maximum absolute atomic E-state index is 9.18. The molecule has 0 spiro atoms. The van der Waals surface area contributed by atoms with Gasteiger partial charge in [0, 0.05) is 17.2 Å². The van der Waals surface area contributed by atoms with E-state index in [1.54, 1.807) is 7.11 Å². The summed E-state index contributed by atoms with van der Waals surface area (Å²) in [6.45, 7) is 0.759. The van der Waals surface area contributed by atoms with Gasteiger partial charge in [0.2, 0.25) is 0 Å². The molecule has 0 atom stereocenters. The second kappa shape index (κ2) is 6.95. The van der Waals surface area contributed by atoms with Crippen molar-refractivity contribution in [1.29, 1.82) is 0 Å². The third-order valence-electron chi connectivity index (χ3n) is 3.22. The molecule has 0 aromatic heterocycles. The highest BCUT2D eigenvalue weighted by Crippen LogP contribution is 2.45. The van der Waals surface area contributed by atoms with Crippen LogP contribution in [0.4, 0.5) is 5.69 Å². The normalized spacial score (nSPS) is 16.4. The van der Waals surface area contributed by atoms with E-state index in [0.29, 0.717) is 12.5 Å². The van der Waals surface area contributed by atoms with Gasteiger partial charge in [-0.05, 0) is 25.0 Å². The Bertz CT molecular complexity index is 447. The van der Waals surface area contributed by atoms with Crippen LogP contribution in [-0.4, -0.2) is 31.3 Å². The van der Waals surface area contributed by atoms with Crippen LogP contribution in [0.1, 0.15) is 12.8 Å². The van der Waals surface area contributed by atoms with Crippen molar-refractivity contribution in [3.8, 4) is 5.75 Å². The second-order valence-electron chi connectivity index (χ2n) is 4.72. The van der Waals surface area contributed by atoms with E-state index in [2.05, 4.69) is 10.3 Å². The molecule has 1 aromatic carbocycles. The van der Waals surface area contributed by atoms with Crippen molar-refractivity contribution in [2.24, 2.45) is 16.1 Å². The number of benzene rings is 1. The number of nitrogens with one attached hydrogen (secondary N) is 1. The van der Waals surface area contributed by atoms with Gasteiger partial charge in [0.1, 0.15) is 5.75 Å². The summed E-state index contributed by atoms with van der Waals surface area (Å²) < 4.78 is 5.12. The number of nitrogens with two attached hydrogens (primary N) is 1. The average Bonchev–Trinajstić information content (AvgIpc) is 3.17. The van der Waals surface area contributed by atoms with Crippen molar-refractivity contribution in [1.82, 2.24) is 0 Å². The molecule has 0 amide bonds. The van der Waals surface area contributed by atoms with Gasteiger partial charge in [0.15, 0.2) is 5.96 Å². The maximum Gasteiger partial charge on any atom is 0.193 e. The topological polar surface area (TPSA) is 79.9 Å². The van der Waals surface area contributed by atoms with Crippen molar-refractivity contribution in [2.75, 3.05) is 25.6 Å². The van der Waals surface area contributed by atoms with Crippen LogP contribution in [0.25, 0.3) is 0 Å². The van der Waals surface area contributed by atoms with Crippen molar-refractivity contribution in [2.45, 2.75) is 12.8 Å². The lowest BCUT2D eigenvalue weighted by atomic mass is 10.1. The summed E-state index contributed by atoms with van der Waals surface area (Å²) in [5, 5.41) is 12.2. The molecule has 1 aliphatic carbocycles. The number of nitrogens with zero attached hydrogens (tertiary/aromatic N) is 1. The number of hydrogen-bond acceptors (Lipinski definition) is 3. The number of anilines is 1. The summed E-state index contributed by atoms with van der Waals surface area (Å²) in [5.74, 6) is 1.13. The molecule has 106 valence electrons. The number of halogens is 1. The molecular weight excluding hydrogens is 357 g/mol. The molecule has 1 saturated carbocycles. The third-order valence-corrected chi connectivity index (χ3v) is 3.22. The molecule has 0 heterocycles. The fourth-order valence-corrected chi connectivity index (χ4v) is 1.68. The van der Waals surface area contributed by atoms with Crippen LogP contribution in [0, 0.1) is 5.41 Å². The Morgan fingerprint density at radius 2 is 2.26 bits per heavy atom. The lowest BCUT2D eigenvalue weighted by molar-refractivity contribution is 0.217. The minimum atomic E-state index is -0.0132. The average molecular weight is 377 g/mol. The molecule has 1 aliphatic rings. The first-order valence-electron chi connectivity index (χ1n) is 5.99. The third kappa shape index (κ3) is 4.54. The summed E-state index contributed by atoms with van der Waals surface area (Å²) in [6.07, 6.45) is 2.05. The lowest BCUT2D eigenvalue weighted by Gasteiger charge is -2.10. The van der Waals surface area contributed by atoms with Crippen LogP contribution in [0.3, 0.4) is 0 Å². The van der Waals surface area contributed by atoms with Gasteiger partial charge < -0.3 is 20.9 Å². The highest BCUT2D eigenvalue weighted by molar-refractivity contribution is 14.0. The van der Waals surface area contributed by atoms with Gasteiger partial charge in [0.05, 0.1) is 20.3 Å². The molecule has 4 N–H and O–H groups in total. The second-order valence-corrected chi connectivity index (χ2v) is 4.72. The van der Waals surface area contributed by atoms with Crippen LogP contribution in [-0.2, 0) is 0 Å². The minimum absolute atomic E-state index is 0. The minimum Gasteiger partial charge on any atom is -0.497 e. The van der Waals surface area contributed by atoms with E-state index >= 15 is 0 Å². The van der Waals surface area contributed by atoms with E-state index in [9.17, 15) is 5.11 Å². The van der Waals surface area contributed by atoms with Crippen LogP contribution in [0.2, 0.25) is 0 Å². The van der Waals surface area contributed by atoms with E-state index in [1.165, 1.54) is 0 Å². The number of guanidine groups is 1. The molecule has 0 unspecified atom stereocenters. The zero-order valence-corrected chi connectivity index (χ0v) is 13.3. The fourth-order valence-electron chi connectivity index (χ4n) is 1.68. The first kappa shape index (κ1) is 16.0. The smallest absolute Gasteiger partial charge is 0.193 e. The van der Waals surface area contributed by atoms with Crippen LogP contribution in [0.5, 0.6) is 5.75 Å². The van der Waals surface area contributed by atoms with Gasteiger partial charge in [-0.3, -0.25) is 4.99 Å². The zero-order valence-electron chi connectivity index (χ0n) is 10.9. The van der Waals surface area contributed by atoms with Crippen molar-refractivity contribution >= 4 is 35.6 Å². The quantitative estimate of drug-likeness (QED) is 0.416. The van der Waals surface area contributed by atoms with Crippen LogP contribution >= 0.6 is 24.0 Å². The predicted octanol–water partition coefficient (Wildman–Crippen LogP) is 1.81. The molecule has 2 rings (SSSR count). The largest absolute Gasteiger partial charge is 0.497 e. The van der Waals surface area contributed by atoms with E-state index in [4.69, 9.17) is 10.5 Å². The Hall–Kier alpha value is -1.02. The van der Waals surface area contributed by atoms with Crippen molar-refractivity contribution < 1.29 is 9.84 Å².